The summed E-state index contributed by atoms with van der Waals surface area (Å²) < 4.78 is 24.4. The third-order valence-corrected chi connectivity index (χ3v) is 6.18. The van der Waals surface area contributed by atoms with Gasteiger partial charge < -0.3 is 10.2 Å². The number of sulfone groups is 1. The number of rotatable bonds is 8. The average molecular weight is 367 g/mol. The highest BCUT2D eigenvalue weighted by atomic mass is 32.2. The van der Waals surface area contributed by atoms with Crippen molar-refractivity contribution in [1.82, 2.24) is 10.2 Å². The second-order valence-corrected chi connectivity index (χ2v) is 8.61. The van der Waals surface area contributed by atoms with Gasteiger partial charge in [0.25, 0.3) is 0 Å². The Bertz CT molecular complexity index is 741. The molecule has 0 aliphatic heterocycles. The van der Waals surface area contributed by atoms with Gasteiger partial charge in [-0.3, -0.25) is 4.79 Å². The van der Waals surface area contributed by atoms with Crippen LogP contribution in [0.5, 0.6) is 0 Å². The molecule has 0 aliphatic rings. The molecule has 0 saturated heterocycles. The van der Waals surface area contributed by atoms with Crippen LogP contribution in [0.2, 0.25) is 0 Å². The molecule has 24 heavy (non-hydrogen) atoms. The number of nitrogens with one attached hydrogen (secondary N) is 1. The van der Waals surface area contributed by atoms with Gasteiger partial charge in [-0.1, -0.05) is 18.2 Å². The summed E-state index contributed by atoms with van der Waals surface area (Å²) in [6.07, 6.45) is -0.0407. The zero-order valence-corrected chi connectivity index (χ0v) is 15.4. The first-order valence-electron chi connectivity index (χ1n) is 7.63. The van der Waals surface area contributed by atoms with Gasteiger partial charge in [0.2, 0.25) is 5.91 Å². The van der Waals surface area contributed by atoms with Gasteiger partial charge in [-0.15, -0.1) is 0 Å². The highest BCUT2D eigenvalue weighted by molar-refractivity contribution is 7.91. The Morgan fingerprint density at radius 2 is 1.92 bits per heavy atom. The highest BCUT2D eigenvalue weighted by Gasteiger charge is 2.18. The Labute approximate surface area is 147 Å². The zero-order valence-electron chi connectivity index (χ0n) is 13.8. The largest absolute Gasteiger partial charge is 0.354 e. The number of carbonyl (C=O) groups is 1. The SMILES string of the molecule is CN(C)C(CNC(=O)CCS(=O)(=O)c1ccccc1)c1ccsc1. The summed E-state index contributed by atoms with van der Waals surface area (Å²) in [6.45, 7) is 0.452. The molecule has 130 valence electrons. The summed E-state index contributed by atoms with van der Waals surface area (Å²) >= 11 is 1.61. The average Bonchev–Trinajstić information content (AvgIpc) is 3.08. The van der Waals surface area contributed by atoms with Crippen LogP contribution < -0.4 is 5.32 Å². The molecule has 2 aromatic rings. The molecule has 1 unspecified atom stereocenters. The summed E-state index contributed by atoms with van der Waals surface area (Å²) in [5, 5.41) is 6.89. The van der Waals surface area contributed by atoms with Crippen molar-refractivity contribution in [2.75, 3.05) is 26.4 Å². The summed E-state index contributed by atoms with van der Waals surface area (Å²) in [7, 11) is 0.482. The minimum absolute atomic E-state index is 0.0407. The molecule has 0 bridgehead atoms. The Balaban J connectivity index is 1.87. The smallest absolute Gasteiger partial charge is 0.221 e. The number of hydrogen-bond donors (Lipinski definition) is 1. The number of likely N-dealkylation sites (N-methyl/N-ethyl adjacent to an activating group) is 1. The molecule has 1 aromatic heterocycles. The molecule has 7 heteroatoms. The van der Waals surface area contributed by atoms with Gasteiger partial charge >= 0.3 is 0 Å². The van der Waals surface area contributed by atoms with Crippen molar-refractivity contribution < 1.29 is 13.2 Å². The summed E-state index contributed by atoms with van der Waals surface area (Å²) in [5.41, 5.74) is 1.14. The first-order valence-corrected chi connectivity index (χ1v) is 10.2. The lowest BCUT2D eigenvalue weighted by Crippen LogP contribution is -2.35. The second-order valence-electron chi connectivity index (χ2n) is 5.72. The third kappa shape index (κ3) is 5.15. The van der Waals surface area contributed by atoms with Crippen molar-refractivity contribution in [3.8, 4) is 0 Å². The van der Waals surface area contributed by atoms with E-state index in [1.807, 2.05) is 30.4 Å². The molecule has 1 N–H and O–H groups in total. The van der Waals surface area contributed by atoms with Gasteiger partial charge in [-0.25, -0.2) is 8.42 Å². The molecule has 0 spiro atoms. The maximum Gasteiger partial charge on any atom is 0.221 e. The molecule has 0 saturated carbocycles. The first kappa shape index (κ1) is 18.6. The van der Waals surface area contributed by atoms with Crippen molar-refractivity contribution in [1.29, 1.82) is 0 Å². The zero-order chi connectivity index (χ0) is 17.6. The molecule has 1 aromatic carbocycles. The molecule has 2 rings (SSSR count). The van der Waals surface area contributed by atoms with Crippen LogP contribution in [0.1, 0.15) is 18.0 Å². The van der Waals surface area contributed by atoms with E-state index in [1.54, 1.807) is 41.7 Å². The number of nitrogens with zero attached hydrogens (tertiary/aromatic N) is 1. The van der Waals surface area contributed by atoms with Crippen molar-refractivity contribution in [3.05, 3.63) is 52.7 Å². The van der Waals surface area contributed by atoms with E-state index in [1.165, 1.54) is 0 Å². The van der Waals surface area contributed by atoms with Gasteiger partial charge in [-0.05, 0) is 48.6 Å². The van der Waals surface area contributed by atoms with E-state index >= 15 is 0 Å². The van der Waals surface area contributed by atoms with Gasteiger partial charge in [0.15, 0.2) is 9.84 Å². The number of carbonyl (C=O) groups excluding carboxylic acids is 1. The lowest BCUT2D eigenvalue weighted by atomic mass is 10.1. The molecule has 1 atom stereocenters. The Morgan fingerprint density at radius 3 is 2.50 bits per heavy atom. The molecule has 0 radical (unpaired) electrons. The predicted octanol–water partition coefficient (Wildman–Crippen LogP) is 2.33. The van der Waals surface area contributed by atoms with Crippen LogP contribution in [0.3, 0.4) is 0 Å². The van der Waals surface area contributed by atoms with E-state index in [-0.39, 0.29) is 29.0 Å². The molecule has 0 aliphatic carbocycles. The van der Waals surface area contributed by atoms with Gasteiger partial charge in [0.05, 0.1) is 16.7 Å². The third-order valence-electron chi connectivity index (χ3n) is 3.74. The molecule has 0 fully saturated rings. The van der Waals surface area contributed by atoms with Gasteiger partial charge in [0, 0.05) is 13.0 Å². The number of benzene rings is 1. The van der Waals surface area contributed by atoms with Crippen molar-refractivity contribution >= 4 is 27.1 Å². The fourth-order valence-corrected chi connectivity index (χ4v) is 4.30. The topological polar surface area (TPSA) is 66.5 Å². The van der Waals surface area contributed by atoms with E-state index in [9.17, 15) is 13.2 Å². The second kappa shape index (κ2) is 8.41. The molecule has 1 heterocycles. The van der Waals surface area contributed by atoms with Crippen molar-refractivity contribution in [2.45, 2.75) is 17.4 Å². The lowest BCUT2D eigenvalue weighted by molar-refractivity contribution is -0.120. The minimum atomic E-state index is -3.42. The Morgan fingerprint density at radius 1 is 1.21 bits per heavy atom. The van der Waals surface area contributed by atoms with Crippen LogP contribution in [0.25, 0.3) is 0 Å². The minimum Gasteiger partial charge on any atom is -0.354 e. The van der Waals surface area contributed by atoms with Crippen LogP contribution >= 0.6 is 11.3 Å². The summed E-state index contributed by atoms with van der Waals surface area (Å²) in [4.78, 5) is 14.3. The molecule has 5 nitrogen and oxygen atoms in total. The molecular formula is C17H22N2O3S2. The van der Waals surface area contributed by atoms with Crippen LogP contribution in [0.15, 0.2) is 52.1 Å². The predicted molar refractivity (Wildman–Crippen MR) is 96.9 cm³/mol. The van der Waals surface area contributed by atoms with E-state index in [0.717, 1.165) is 5.56 Å². The highest BCUT2D eigenvalue weighted by Crippen LogP contribution is 2.20. The van der Waals surface area contributed by atoms with Crippen LogP contribution in [-0.2, 0) is 14.6 Å². The van der Waals surface area contributed by atoms with Crippen molar-refractivity contribution in [3.63, 3.8) is 0 Å². The maximum absolute atomic E-state index is 12.2. The summed E-state index contributed by atoms with van der Waals surface area (Å²) in [5.74, 6) is -0.440. The van der Waals surface area contributed by atoms with Gasteiger partial charge in [0.1, 0.15) is 0 Å². The fraction of sp³-hybridized carbons (Fsp3) is 0.353. The summed E-state index contributed by atoms with van der Waals surface area (Å²) in [6, 6.07) is 10.3. The normalized spacial score (nSPS) is 13.0. The van der Waals surface area contributed by atoms with E-state index in [0.29, 0.717) is 6.54 Å². The molecule has 1 amide bonds. The number of amides is 1. The van der Waals surface area contributed by atoms with Crippen molar-refractivity contribution in [2.24, 2.45) is 0 Å². The first-order chi connectivity index (χ1) is 11.4. The van der Waals surface area contributed by atoms with Crippen LogP contribution in [0, 0.1) is 0 Å². The monoisotopic (exact) mass is 366 g/mol. The van der Waals surface area contributed by atoms with E-state index < -0.39 is 9.84 Å². The van der Waals surface area contributed by atoms with Gasteiger partial charge in [-0.2, -0.15) is 11.3 Å². The Kier molecular flexibility index (Phi) is 6.53. The van der Waals surface area contributed by atoms with E-state index in [4.69, 9.17) is 0 Å². The number of hydrogen-bond acceptors (Lipinski definition) is 5. The fourth-order valence-electron chi connectivity index (χ4n) is 2.33. The maximum atomic E-state index is 12.2. The standard InChI is InChI=1S/C17H22N2O3S2/c1-19(2)16(14-8-10-23-13-14)12-18-17(20)9-11-24(21,22)15-6-4-3-5-7-15/h3-8,10,13,16H,9,11-12H2,1-2H3,(H,18,20). The van der Waals surface area contributed by atoms with Crippen LogP contribution in [0.4, 0.5) is 0 Å². The lowest BCUT2D eigenvalue weighted by Gasteiger charge is -2.24. The van der Waals surface area contributed by atoms with Crippen LogP contribution in [-0.4, -0.2) is 45.6 Å². The number of thiophene rings is 1. The Hall–Kier alpha value is -1.70. The quantitative estimate of drug-likeness (QED) is 0.779. The molecular weight excluding hydrogens is 344 g/mol. The van der Waals surface area contributed by atoms with E-state index in [2.05, 4.69) is 10.7 Å².